The second-order valence-electron chi connectivity index (χ2n) is 7.68. The number of hydrogen-bond acceptors (Lipinski definition) is 4. The first-order valence-corrected chi connectivity index (χ1v) is 8.22. The first-order chi connectivity index (χ1) is 9.39. The van der Waals surface area contributed by atoms with E-state index >= 15 is 0 Å². The van der Waals surface area contributed by atoms with Gasteiger partial charge in [-0.3, -0.25) is 0 Å². The lowest BCUT2D eigenvalue weighted by atomic mass is 9.71. The van der Waals surface area contributed by atoms with Crippen LogP contribution < -0.4 is 5.32 Å². The summed E-state index contributed by atoms with van der Waals surface area (Å²) in [5.74, 6) is 0. The van der Waals surface area contributed by atoms with Crippen LogP contribution in [0.15, 0.2) is 0 Å². The van der Waals surface area contributed by atoms with Crippen molar-refractivity contribution in [3.05, 3.63) is 0 Å². The molecule has 0 aromatic rings. The van der Waals surface area contributed by atoms with Gasteiger partial charge in [-0.1, -0.05) is 13.8 Å². The molecule has 3 N–H and O–H groups in total. The highest BCUT2D eigenvalue weighted by atomic mass is 16.3. The number of β-amino-alcohol motifs (C(OH)–C–C–N with tert-alkyl or cyclic N) is 1. The second-order valence-corrected chi connectivity index (χ2v) is 7.68. The van der Waals surface area contributed by atoms with Crippen LogP contribution in [-0.2, 0) is 0 Å². The molecule has 1 atom stereocenters. The minimum atomic E-state index is -0.567. The highest BCUT2D eigenvalue weighted by Gasteiger charge is 2.36. The van der Waals surface area contributed by atoms with Crippen molar-refractivity contribution in [1.82, 2.24) is 10.2 Å². The van der Waals surface area contributed by atoms with Gasteiger partial charge in [-0.15, -0.1) is 0 Å². The molecule has 1 aliphatic heterocycles. The number of likely N-dealkylation sites (tertiary alicyclic amines) is 1. The Morgan fingerprint density at radius 2 is 1.70 bits per heavy atom. The Morgan fingerprint density at radius 1 is 1.10 bits per heavy atom. The van der Waals surface area contributed by atoms with Gasteiger partial charge in [-0.25, -0.2) is 0 Å². The largest absolute Gasteiger partial charge is 0.390 e. The van der Waals surface area contributed by atoms with Crippen LogP contribution in [0.4, 0.5) is 0 Å². The molecule has 1 saturated heterocycles. The smallest absolute Gasteiger partial charge is 0.0791 e. The lowest BCUT2D eigenvalue weighted by molar-refractivity contribution is -0.0261. The molecule has 1 unspecified atom stereocenters. The van der Waals surface area contributed by atoms with Gasteiger partial charge in [-0.05, 0) is 57.0 Å². The van der Waals surface area contributed by atoms with E-state index in [1.54, 1.807) is 0 Å². The molecule has 118 valence electrons. The van der Waals surface area contributed by atoms with Crippen molar-refractivity contribution in [3.63, 3.8) is 0 Å². The molecule has 0 spiro atoms. The van der Waals surface area contributed by atoms with Crippen LogP contribution >= 0.6 is 0 Å². The minimum Gasteiger partial charge on any atom is -0.390 e. The number of aliphatic hydroxyl groups excluding tert-OH is 1. The Bertz CT molecular complexity index is 291. The highest BCUT2D eigenvalue weighted by molar-refractivity contribution is 4.90. The van der Waals surface area contributed by atoms with E-state index in [-0.39, 0.29) is 6.10 Å². The molecule has 4 nitrogen and oxygen atoms in total. The van der Waals surface area contributed by atoms with Crippen molar-refractivity contribution in [1.29, 1.82) is 0 Å². The standard InChI is InChI=1S/C16H32N2O2/c1-15(2)5-7-16(20,8-6-15)13-17-11-14(19)12-18-9-3-4-10-18/h14,17,19-20H,3-13H2,1-2H3. The monoisotopic (exact) mass is 284 g/mol. The predicted octanol–water partition coefficient (Wildman–Crippen LogP) is 1.36. The Balaban J connectivity index is 1.62. The maximum atomic E-state index is 10.5. The summed E-state index contributed by atoms with van der Waals surface area (Å²) in [5.41, 5.74) is -0.190. The van der Waals surface area contributed by atoms with Crippen LogP contribution in [-0.4, -0.2) is 59.5 Å². The molecule has 0 amide bonds. The van der Waals surface area contributed by atoms with Gasteiger partial charge in [0.1, 0.15) is 0 Å². The number of nitrogens with zero attached hydrogens (tertiary/aromatic N) is 1. The van der Waals surface area contributed by atoms with Gasteiger partial charge in [0, 0.05) is 19.6 Å². The lowest BCUT2D eigenvalue weighted by Gasteiger charge is -2.40. The SMILES string of the molecule is CC1(C)CCC(O)(CNCC(O)CN2CCCC2)CC1. The number of aliphatic hydroxyl groups is 2. The zero-order valence-electron chi connectivity index (χ0n) is 13.2. The molecule has 1 heterocycles. The van der Waals surface area contributed by atoms with E-state index in [1.807, 2.05) is 0 Å². The van der Waals surface area contributed by atoms with Crippen molar-refractivity contribution in [2.75, 3.05) is 32.7 Å². The van der Waals surface area contributed by atoms with Crippen molar-refractivity contribution < 1.29 is 10.2 Å². The molecular formula is C16H32N2O2. The summed E-state index contributed by atoms with van der Waals surface area (Å²) in [6.45, 7) is 8.76. The molecule has 0 radical (unpaired) electrons. The molecule has 1 aliphatic carbocycles. The average molecular weight is 284 g/mol. The molecule has 1 saturated carbocycles. The van der Waals surface area contributed by atoms with E-state index in [4.69, 9.17) is 0 Å². The van der Waals surface area contributed by atoms with E-state index < -0.39 is 5.60 Å². The summed E-state index contributed by atoms with van der Waals surface area (Å²) in [7, 11) is 0. The van der Waals surface area contributed by atoms with E-state index in [9.17, 15) is 10.2 Å². The highest BCUT2D eigenvalue weighted by Crippen LogP contribution is 2.39. The Morgan fingerprint density at radius 3 is 2.30 bits per heavy atom. The normalized spacial score (nSPS) is 27.6. The van der Waals surface area contributed by atoms with Crippen molar-refractivity contribution >= 4 is 0 Å². The molecule has 2 aliphatic rings. The molecule has 0 aromatic carbocycles. The third-order valence-corrected chi connectivity index (χ3v) is 5.04. The first kappa shape index (κ1) is 16.2. The fourth-order valence-corrected chi connectivity index (χ4v) is 3.37. The summed E-state index contributed by atoms with van der Waals surface area (Å²) in [6, 6.07) is 0. The van der Waals surface area contributed by atoms with Crippen LogP contribution in [0.3, 0.4) is 0 Å². The van der Waals surface area contributed by atoms with Crippen molar-refractivity contribution in [2.45, 2.75) is 64.1 Å². The maximum Gasteiger partial charge on any atom is 0.0791 e. The number of rotatable bonds is 6. The van der Waals surface area contributed by atoms with Gasteiger partial charge in [-0.2, -0.15) is 0 Å². The number of nitrogens with one attached hydrogen (secondary N) is 1. The number of hydrogen-bond donors (Lipinski definition) is 3. The fourth-order valence-electron chi connectivity index (χ4n) is 3.37. The van der Waals surface area contributed by atoms with Crippen LogP contribution in [0.25, 0.3) is 0 Å². The first-order valence-electron chi connectivity index (χ1n) is 8.22. The third-order valence-electron chi connectivity index (χ3n) is 5.04. The topological polar surface area (TPSA) is 55.7 Å². The molecule has 0 bridgehead atoms. The average Bonchev–Trinajstić information content (AvgIpc) is 2.86. The Labute approximate surface area is 123 Å². The summed E-state index contributed by atoms with van der Waals surface area (Å²) < 4.78 is 0. The summed E-state index contributed by atoms with van der Waals surface area (Å²) in [5, 5.41) is 23.8. The van der Waals surface area contributed by atoms with Crippen LogP contribution in [0.1, 0.15) is 52.4 Å². The summed E-state index contributed by atoms with van der Waals surface area (Å²) in [4.78, 5) is 2.32. The molecular weight excluding hydrogens is 252 g/mol. The van der Waals surface area contributed by atoms with Gasteiger partial charge in [0.2, 0.25) is 0 Å². The minimum absolute atomic E-state index is 0.322. The summed E-state index contributed by atoms with van der Waals surface area (Å²) >= 11 is 0. The lowest BCUT2D eigenvalue weighted by Crippen LogP contribution is -2.47. The van der Waals surface area contributed by atoms with Gasteiger partial charge >= 0.3 is 0 Å². The second kappa shape index (κ2) is 6.73. The molecule has 4 heteroatoms. The Kier molecular flexibility index (Phi) is 5.46. The molecule has 2 fully saturated rings. The third kappa shape index (κ3) is 4.99. The van der Waals surface area contributed by atoms with E-state index in [0.29, 0.717) is 18.5 Å². The Hall–Kier alpha value is -0.160. The fraction of sp³-hybridized carbons (Fsp3) is 1.00. The zero-order chi connectivity index (χ0) is 14.6. The van der Waals surface area contributed by atoms with Gasteiger partial charge < -0.3 is 20.4 Å². The van der Waals surface area contributed by atoms with Crippen LogP contribution in [0, 0.1) is 5.41 Å². The quantitative estimate of drug-likeness (QED) is 0.689. The van der Waals surface area contributed by atoms with Crippen molar-refractivity contribution in [3.8, 4) is 0 Å². The molecule has 0 aromatic heterocycles. The zero-order valence-corrected chi connectivity index (χ0v) is 13.2. The van der Waals surface area contributed by atoms with Gasteiger partial charge in [0.25, 0.3) is 0 Å². The van der Waals surface area contributed by atoms with Crippen LogP contribution in [0.5, 0.6) is 0 Å². The van der Waals surface area contributed by atoms with Crippen molar-refractivity contribution in [2.24, 2.45) is 5.41 Å². The van der Waals surface area contributed by atoms with E-state index in [0.717, 1.165) is 45.3 Å². The van der Waals surface area contributed by atoms with E-state index in [1.165, 1.54) is 12.8 Å². The maximum absolute atomic E-state index is 10.5. The molecule has 2 rings (SSSR count). The van der Waals surface area contributed by atoms with E-state index in [2.05, 4.69) is 24.1 Å². The predicted molar refractivity (Wildman–Crippen MR) is 81.7 cm³/mol. The van der Waals surface area contributed by atoms with Gasteiger partial charge in [0.15, 0.2) is 0 Å². The van der Waals surface area contributed by atoms with Gasteiger partial charge in [0.05, 0.1) is 11.7 Å². The molecule has 20 heavy (non-hydrogen) atoms. The summed E-state index contributed by atoms with van der Waals surface area (Å²) in [6.07, 6.45) is 6.11. The van der Waals surface area contributed by atoms with Crippen LogP contribution in [0.2, 0.25) is 0 Å².